The van der Waals surface area contributed by atoms with Crippen LogP contribution in [0.5, 0.6) is 0 Å². The molecular formula is C4F9O5S2-. The molecule has 0 N–H and O–H groups in total. The molecule has 0 aliphatic rings. The number of halogens is 9. The fourth-order valence-corrected chi connectivity index (χ4v) is 1.41. The zero-order chi connectivity index (χ0) is 16.8. The first-order valence-electron chi connectivity index (χ1n) is 3.65. The molecule has 0 saturated heterocycles. The van der Waals surface area contributed by atoms with E-state index < -0.39 is 43.4 Å². The molecule has 5 nitrogen and oxygen atoms in total. The molecule has 0 heterocycles. The molecule has 0 aliphatic carbocycles. The van der Waals surface area contributed by atoms with Crippen LogP contribution in [0, 0.1) is 0 Å². The Morgan fingerprint density at radius 2 is 1.20 bits per heavy atom. The summed E-state index contributed by atoms with van der Waals surface area (Å²) in [6, 6.07) is 0. The van der Waals surface area contributed by atoms with Crippen molar-refractivity contribution in [3.63, 3.8) is 0 Å². The Morgan fingerprint density at radius 1 is 0.850 bits per heavy atom. The van der Waals surface area contributed by atoms with Gasteiger partial charge in [-0.25, -0.2) is 0 Å². The molecule has 16 heteroatoms. The predicted molar refractivity (Wildman–Crippen MR) is 39.8 cm³/mol. The van der Waals surface area contributed by atoms with Gasteiger partial charge in [-0.3, -0.25) is 4.21 Å². The van der Waals surface area contributed by atoms with Crippen LogP contribution in [0.4, 0.5) is 39.5 Å². The van der Waals surface area contributed by atoms with E-state index in [2.05, 4.69) is 0 Å². The molecule has 0 aromatic heterocycles. The van der Waals surface area contributed by atoms with Crippen molar-refractivity contribution in [1.29, 1.82) is 0 Å². The fourth-order valence-electron chi connectivity index (χ4n) is 0.569. The smallest absolute Gasteiger partial charge is 0.460 e. The lowest BCUT2D eigenvalue weighted by Gasteiger charge is -2.32. The van der Waals surface area contributed by atoms with Gasteiger partial charge in [0.2, 0.25) is 0 Å². The highest BCUT2D eigenvalue weighted by Gasteiger charge is 2.83. The molecule has 0 spiro atoms. The minimum Gasteiger partial charge on any atom is -0.758 e. The highest BCUT2D eigenvalue weighted by atomic mass is 33.2. The molecule has 20 heavy (non-hydrogen) atoms. The van der Waals surface area contributed by atoms with Gasteiger partial charge in [-0.1, -0.05) is 0 Å². The monoisotopic (exact) mass is 363 g/mol. The predicted octanol–water partition coefficient (Wildman–Crippen LogP) is 1.55. The molecule has 0 bridgehead atoms. The second-order valence-corrected chi connectivity index (χ2v) is 6.29. The van der Waals surface area contributed by atoms with Gasteiger partial charge in [0.05, 0.1) is 10.1 Å². The molecule has 1 atom stereocenters. The average molecular weight is 363 g/mol. The van der Waals surface area contributed by atoms with Crippen LogP contribution >= 0.6 is 0 Å². The van der Waals surface area contributed by atoms with E-state index in [9.17, 15) is 56.7 Å². The molecular weight excluding hydrogens is 363 g/mol. The first-order valence-corrected chi connectivity index (χ1v) is 6.65. The average Bonchev–Trinajstić information content (AvgIpc) is 2.12. The Morgan fingerprint density at radius 3 is 1.45 bits per heavy atom. The lowest BCUT2D eigenvalue weighted by Crippen LogP contribution is -2.62. The van der Waals surface area contributed by atoms with E-state index in [1.165, 1.54) is 0 Å². The summed E-state index contributed by atoms with van der Waals surface area (Å²) < 4.78 is 151. The number of alkyl halides is 9. The molecule has 1 unspecified atom stereocenters. The van der Waals surface area contributed by atoms with Crippen LogP contribution in [0.1, 0.15) is 0 Å². The third kappa shape index (κ3) is 3.17. The van der Waals surface area contributed by atoms with Crippen LogP contribution in [-0.2, 0) is 23.4 Å². The Bertz CT molecular complexity index is 493. The summed E-state index contributed by atoms with van der Waals surface area (Å²) in [4.78, 5) is 0. The van der Waals surface area contributed by atoms with Crippen LogP contribution in [0.25, 0.3) is 0 Å². The van der Waals surface area contributed by atoms with Gasteiger partial charge in [0, 0.05) is 0 Å². The van der Waals surface area contributed by atoms with Crippen molar-refractivity contribution >= 4 is 19.3 Å². The summed E-state index contributed by atoms with van der Waals surface area (Å²) in [5.41, 5.74) is 0. The summed E-state index contributed by atoms with van der Waals surface area (Å²) >= 11 is 0. The van der Waals surface area contributed by atoms with Gasteiger partial charge in [-0.2, -0.15) is 52.1 Å². The van der Waals surface area contributed by atoms with Crippen molar-refractivity contribution in [2.75, 3.05) is 0 Å². The summed E-state index contributed by atoms with van der Waals surface area (Å²) in [6.07, 6.45) is -14.2. The SMILES string of the molecule is O=S([O-])S(=O)(=O)OC(F)(F)C(F)(F)C(F)(F)C(F)(F)F. The molecule has 0 aromatic carbocycles. The highest BCUT2D eigenvalue weighted by molar-refractivity contribution is 8.59. The lowest BCUT2D eigenvalue weighted by atomic mass is 10.1. The first-order chi connectivity index (χ1) is 8.40. The molecule has 0 amide bonds. The van der Waals surface area contributed by atoms with Crippen LogP contribution in [0.15, 0.2) is 0 Å². The van der Waals surface area contributed by atoms with Gasteiger partial charge in [0.1, 0.15) is 0 Å². The first kappa shape index (κ1) is 19.4. The van der Waals surface area contributed by atoms with Crippen molar-refractivity contribution in [3.8, 4) is 0 Å². The van der Waals surface area contributed by atoms with Crippen LogP contribution < -0.4 is 0 Å². The maximum Gasteiger partial charge on any atom is 0.460 e. The number of hydrogen-bond acceptors (Lipinski definition) is 5. The Hall–Kier alpha value is -0.610. The third-order valence-electron chi connectivity index (χ3n) is 1.49. The highest BCUT2D eigenvalue weighted by Crippen LogP contribution is 2.53. The van der Waals surface area contributed by atoms with E-state index in [1.807, 2.05) is 4.18 Å². The topological polar surface area (TPSA) is 83.5 Å². The van der Waals surface area contributed by atoms with Crippen LogP contribution in [-0.4, -0.2) is 41.3 Å². The van der Waals surface area contributed by atoms with Crippen molar-refractivity contribution in [2.24, 2.45) is 0 Å². The Kier molecular flexibility index (Phi) is 4.84. The van der Waals surface area contributed by atoms with Crippen molar-refractivity contribution in [1.82, 2.24) is 0 Å². The van der Waals surface area contributed by atoms with Gasteiger partial charge in [0.25, 0.3) is 0 Å². The normalized spacial score (nSPS) is 17.1. The zero-order valence-corrected chi connectivity index (χ0v) is 9.89. The maximum atomic E-state index is 12.5. The van der Waals surface area contributed by atoms with Crippen molar-refractivity contribution < 1.29 is 60.9 Å². The zero-order valence-electron chi connectivity index (χ0n) is 8.26. The second kappa shape index (κ2) is 4.99. The van der Waals surface area contributed by atoms with Crippen molar-refractivity contribution in [3.05, 3.63) is 0 Å². The molecule has 0 rings (SSSR count). The van der Waals surface area contributed by atoms with E-state index in [-0.39, 0.29) is 0 Å². The van der Waals surface area contributed by atoms with Gasteiger partial charge in [-0.15, -0.1) is 0 Å². The summed E-state index contributed by atoms with van der Waals surface area (Å²) in [7, 11) is -11.2. The van der Waals surface area contributed by atoms with Gasteiger partial charge < -0.3 is 4.55 Å². The Labute approximate surface area is 105 Å². The summed E-state index contributed by atoms with van der Waals surface area (Å²) in [6.45, 7) is 0. The number of rotatable bonds is 5. The molecule has 0 aromatic rings. The molecule has 0 aliphatic heterocycles. The summed E-state index contributed by atoms with van der Waals surface area (Å²) in [5, 5.41) is 0. The largest absolute Gasteiger partial charge is 0.758 e. The van der Waals surface area contributed by atoms with E-state index >= 15 is 0 Å². The summed E-state index contributed by atoms with van der Waals surface area (Å²) in [5.74, 6) is -14.8. The van der Waals surface area contributed by atoms with E-state index in [4.69, 9.17) is 0 Å². The quantitative estimate of drug-likeness (QED) is 0.421. The third-order valence-corrected chi connectivity index (χ3v) is 3.44. The molecule has 0 fully saturated rings. The van der Waals surface area contributed by atoms with E-state index in [0.717, 1.165) is 0 Å². The minimum absolute atomic E-state index is 1.93. The molecule has 0 radical (unpaired) electrons. The lowest BCUT2D eigenvalue weighted by molar-refractivity contribution is -0.427. The van der Waals surface area contributed by atoms with Gasteiger partial charge in [0.15, 0.2) is 0 Å². The number of hydrogen-bond donors (Lipinski definition) is 0. The minimum atomic E-state index is -7.40. The van der Waals surface area contributed by atoms with Crippen LogP contribution in [0.2, 0.25) is 0 Å². The molecule has 0 saturated carbocycles. The standard InChI is InChI=1S/C4HF9O5S2/c5-1(6,3(9,10)11)2(7,8)4(12,13)18-20(16,17)19(14)15/h(H,14,15)/p-1. The van der Waals surface area contributed by atoms with E-state index in [0.29, 0.717) is 0 Å². The second-order valence-electron chi connectivity index (χ2n) is 2.86. The maximum absolute atomic E-state index is 12.5. The van der Waals surface area contributed by atoms with Gasteiger partial charge >= 0.3 is 33.3 Å². The Balaban J connectivity index is 5.78. The fraction of sp³-hybridized carbons (Fsp3) is 1.00. The van der Waals surface area contributed by atoms with Gasteiger partial charge in [-0.05, 0) is 0 Å². The molecule has 122 valence electrons. The van der Waals surface area contributed by atoms with E-state index in [1.54, 1.807) is 0 Å². The van der Waals surface area contributed by atoms with Crippen LogP contribution in [0.3, 0.4) is 0 Å². The van der Waals surface area contributed by atoms with Crippen molar-refractivity contribution in [2.45, 2.75) is 24.1 Å².